The number of rotatable bonds is 23. The monoisotopic (exact) mass is 695 g/mol. The van der Waals surface area contributed by atoms with Crippen molar-refractivity contribution < 1.29 is 58.2 Å². The van der Waals surface area contributed by atoms with Crippen molar-refractivity contribution in [1.82, 2.24) is 24.9 Å². The fourth-order valence-corrected chi connectivity index (χ4v) is 4.18. The van der Waals surface area contributed by atoms with Crippen LogP contribution in [0.4, 0.5) is 0 Å². The van der Waals surface area contributed by atoms with Gasteiger partial charge in [-0.2, -0.15) is 0 Å². The van der Waals surface area contributed by atoms with E-state index >= 15 is 0 Å². The molecule has 0 aliphatic carbocycles. The van der Waals surface area contributed by atoms with Crippen molar-refractivity contribution >= 4 is 30.5 Å². The number of hydrogen-bond donors (Lipinski definition) is 4. The third kappa shape index (κ3) is 33.3. The minimum Gasteiger partial charge on any atom is -0.483 e. The summed E-state index contributed by atoms with van der Waals surface area (Å²) in [5, 5.41) is 28.0. The number of carboxylic acid groups (broad SMARTS) is 3. The Bertz CT molecular complexity index is 780. The molecule has 1 fully saturated rings. The van der Waals surface area contributed by atoms with Gasteiger partial charge in [0.1, 0.15) is 12.1 Å². The van der Waals surface area contributed by atoms with Gasteiger partial charge < -0.3 is 49.3 Å². The van der Waals surface area contributed by atoms with Crippen LogP contribution in [-0.4, -0.2) is 210 Å². The minimum atomic E-state index is -0.857. The number of carboxylic acids is 2. The van der Waals surface area contributed by atoms with Crippen molar-refractivity contribution in [2.45, 2.75) is 26.7 Å². The van der Waals surface area contributed by atoms with Crippen LogP contribution in [0.2, 0.25) is 0 Å². The van der Waals surface area contributed by atoms with E-state index in [1.165, 1.54) is 0 Å². The summed E-state index contributed by atoms with van der Waals surface area (Å²) in [6.45, 7) is 15.1. The number of Topliss-reactive ketones (excluding diaryl/α,β-unsaturated/α-hetero) is 1. The van der Waals surface area contributed by atoms with Crippen LogP contribution in [-0.2, 0) is 42.9 Å². The van der Waals surface area contributed by atoms with Crippen molar-refractivity contribution in [2.24, 2.45) is 0 Å². The van der Waals surface area contributed by atoms with Crippen molar-refractivity contribution in [2.75, 3.05) is 145 Å². The Morgan fingerprint density at radius 2 is 1.02 bits per heavy atom. The molecule has 0 bridgehead atoms. The lowest BCUT2D eigenvalue weighted by Gasteiger charge is -2.32. The molecule has 0 amide bonds. The summed E-state index contributed by atoms with van der Waals surface area (Å²) in [7, 11) is 1.89. The summed E-state index contributed by atoms with van der Waals surface area (Å²) in [5.74, 6) is -1.48. The predicted molar refractivity (Wildman–Crippen MR) is 179 cm³/mol. The third-order valence-electron chi connectivity index (χ3n) is 6.96. The Labute approximate surface area is 285 Å². The molecule has 0 spiro atoms. The van der Waals surface area contributed by atoms with Gasteiger partial charge in [0.05, 0.1) is 72.5 Å². The number of hydrogen-bond acceptors (Lipinski definition) is 14. The highest BCUT2D eigenvalue weighted by Crippen LogP contribution is 2.00. The summed E-state index contributed by atoms with van der Waals surface area (Å²) in [6, 6.07) is 0. The van der Waals surface area contributed by atoms with Gasteiger partial charge in [-0.05, 0) is 13.6 Å². The summed E-state index contributed by atoms with van der Waals surface area (Å²) >= 11 is 0. The van der Waals surface area contributed by atoms with Crippen LogP contribution < -0.4 is 5.32 Å². The van der Waals surface area contributed by atoms with Gasteiger partial charge in [0.15, 0.2) is 0 Å². The number of nitrogens with one attached hydrogen (secondary N) is 1. The molecule has 1 heterocycles. The molecule has 1 saturated heterocycles. The van der Waals surface area contributed by atoms with E-state index in [-0.39, 0.29) is 31.9 Å². The highest BCUT2D eigenvalue weighted by atomic mass is 16.6. The zero-order chi connectivity index (χ0) is 36.3. The molecule has 0 unspecified atom stereocenters. The van der Waals surface area contributed by atoms with Crippen LogP contribution in [0.5, 0.6) is 0 Å². The summed E-state index contributed by atoms with van der Waals surface area (Å²) in [4.78, 5) is 60.3. The van der Waals surface area contributed by atoms with Crippen molar-refractivity contribution in [3.8, 4) is 0 Å². The van der Waals surface area contributed by atoms with Crippen LogP contribution in [0.3, 0.4) is 0 Å². The molecule has 0 radical (unpaired) electrons. The second-order valence-corrected chi connectivity index (χ2v) is 10.5. The zero-order valence-corrected chi connectivity index (χ0v) is 29.2. The fraction of sp³-hybridized carbons (Fsp3) is 0.839. The van der Waals surface area contributed by atoms with E-state index in [4.69, 9.17) is 39.1 Å². The Hall–Kier alpha value is -2.61. The molecule has 4 N–H and O–H groups in total. The number of carbonyl (C=O) groups excluding carboxylic acids is 2. The molecule has 1 aliphatic heterocycles. The first-order chi connectivity index (χ1) is 23.2. The topological polar surface area (TPSA) is 208 Å². The highest BCUT2D eigenvalue weighted by molar-refractivity contribution is 5.78. The molecular weight excluding hydrogens is 634 g/mol. The maximum Gasteiger partial charge on any atom is 0.317 e. The molecule has 282 valence electrons. The van der Waals surface area contributed by atoms with Crippen LogP contribution in [0, 0.1) is 0 Å². The summed E-state index contributed by atoms with van der Waals surface area (Å²) in [5.41, 5.74) is 0. The molecule has 1 rings (SSSR count). The molecule has 48 heavy (non-hydrogen) atoms. The van der Waals surface area contributed by atoms with Crippen LogP contribution >= 0.6 is 0 Å². The first-order valence-electron chi connectivity index (χ1n) is 16.5. The Kier molecular flexibility index (Phi) is 35.3. The first kappa shape index (κ1) is 47.5. The van der Waals surface area contributed by atoms with Gasteiger partial charge in [-0.1, -0.05) is 13.8 Å². The number of ketones is 1. The molecule has 0 aromatic rings. The Morgan fingerprint density at radius 1 is 0.646 bits per heavy atom. The maximum absolute atomic E-state index is 11.1. The molecule has 0 aromatic heterocycles. The SMILES string of the molecule is CCC(=O)CCOCCOCCOCCOCCNC.CCN1CCN(CC(=O)O)CCN(CC=O)CCN(CC(=O)O)CC1.O=CO. The lowest BCUT2D eigenvalue weighted by atomic mass is 10.2. The Morgan fingerprint density at radius 3 is 1.38 bits per heavy atom. The quantitative estimate of drug-likeness (QED) is 0.0742. The first-order valence-corrected chi connectivity index (χ1v) is 16.5. The lowest BCUT2D eigenvalue weighted by Crippen LogP contribution is -2.47. The van der Waals surface area contributed by atoms with E-state index in [0.29, 0.717) is 105 Å². The van der Waals surface area contributed by atoms with E-state index in [1.54, 1.807) is 0 Å². The maximum atomic E-state index is 11.1. The standard InChI is InChI=1S/C16H30N4O5.C14H29NO5.CH2O2/c1-2-17-3-7-19(13-15(22)23)9-5-18(11-12-21)6-10-20(8-4-17)14-16(24)25;1-3-14(16)4-6-17-8-10-19-12-13-20-11-9-18-7-5-15-2;2-1-3/h12H,2-11,13-14H2,1H3,(H,22,23)(H,24,25);15H,3-13H2,1-2H3;1H,(H,2,3). The van der Waals surface area contributed by atoms with Gasteiger partial charge in [0, 0.05) is 71.7 Å². The van der Waals surface area contributed by atoms with Crippen LogP contribution in [0.1, 0.15) is 26.7 Å². The minimum absolute atomic E-state index is 0.0162. The lowest BCUT2D eigenvalue weighted by molar-refractivity contribution is -0.139. The predicted octanol–water partition coefficient (Wildman–Crippen LogP) is -1.06. The van der Waals surface area contributed by atoms with E-state index in [9.17, 15) is 19.2 Å². The number of aldehydes is 1. The van der Waals surface area contributed by atoms with Gasteiger partial charge in [-0.3, -0.25) is 33.9 Å². The normalized spacial score (nSPS) is 15.5. The molecule has 0 saturated carbocycles. The van der Waals surface area contributed by atoms with Crippen LogP contribution in [0.25, 0.3) is 0 Å². The number of likely N-dealkylation sites (N-methyl/N-ethyl adjacent to an activating group) is 2. The average Bonchev–Trinajstić information content (AvgIpc) is 3.05. The molecule has 1 aliphatic rings. The molecule has 0 aromatic carbocycles. The van der Waals surface area contributed by atoms with Gasteiger partial charge in [-0.15, -0.1) is 0 Å². The second kappa shape index (κ2) is 35.7. The van der Waals surface area contributed by atoms with Gasteiger partial charge in [0.25, 0.3) is 6.47 Å². The van der Waals surface area contributed by atoms with E-state index in [2.05, 4.69) is 10.2 Å². The fourth-order valence-electron chi connectivity index (χ4n) is 4.18. The zero-order valence-electron chi connectivity index (χ0n) is 29.2. The molecular formula is C31H61N5O12. The summed E-state index contributed by atoms with van der Waals surface area (Å²) in [6.07, 6.45) is 1.90. The van der Waals surface area contributed by atoms with E-state index < -0.39 is 11.9 Å². The smallest absolute Gasteiger partial charge is 0.317 e. The largest absolute Gasteiger partial charge is 0.483 e. The molecule has 17 nitrogen and oxygen atoms in total. The second-order valence-electron chi connectivity index (χ2n) is 10.5. The van der Waals surface area contributed by atoms with Crippen molar-refractivity contribution in [3.05, 3.63) is 0 Å². The molecule has 0 atom stereocenters. The molecule has 17 heteroatoms. The number of ether oxygens (including phenoxy) is 4. The average molecular weight is 696 g/mol. The number of aliphatic carboxylic acids is 2. The third-order valence-corrected chi connectivity index (χ3v) is 6.96. The Balaban J connectivity index is 0. The van der Waals surface area contributed by atoms with Gasteiger partial charge in [-0.25, -0.2) is 0 Å². The van der Waals surface area contributed by atoms with Crippen LogP contribution in [0.15, 0.2) is 0 Å². The summed E-state index contributed by atoms with van der Waals surface area (Å²) < 4.78 is 21.2. The van der Waals surface area contributed by atoms with E-state index in [0.717, 1.165) is 32.5 Å². The van der Waals surface area contributed by atoms with Gasteiger partial charge >= 0.3 is 11.9 Å². The van der Waals surface area contributed by atoms with Crippen molar-refractivity contribution in [3.63, 3.8) is 0 Å². The number of carbonyl (C=O) groups is 5. The van der Waals surface area contributed by atoms with Gasteiger partial charge in [0.2, 0.25) is 0 Å². The highest BCUT2D eigenvalue weighted by Gasteiger charge is 2.18. The number of nitrogens with zero attached hydrogens (tertiary/aromatic N) is 4. The van der Waals surface area contributed by atoms with Crippen molar-refractivity contribution in [1.29, 1.82) is 0 Å². The van der Waals surface area contributed by atoms with E-state index in [1.807, 2.05) is 35.6 Å².